The van der Waals surface area contributed by atoms with Gasteiger partial charge < -0.3 is 14.2 Å². The van der Waals surface area contributed by atoms with Crippen LogP contribution in [0.25, 0.3) is 0 Å². The van der Waals surface area contributed by atoms with Gasteiger partial charge in [0.15, 0.2) is 13.3 Å². The van der Waals surface area contributed by atoms with Crippen LogP contribution in [-0.4, -0.2) is 35.4 Å². The van der Waals surface area contributed by atoms with Crippen molar-refractivity contribution in [1.82, 2.24) is 20.5 Å². The van der Waals surface area contributed by atoms with Crippen molar-refractivity contribution in [1.29, 1.82) is 0 Å². The quantitative estimate of drug-likeness (QED) is 0.717. The molecule has 1 fully saturated rings. The number of aromatic nitrogens is 3. The normalized spacial score (nSPS) is 21.6. The molecule has 0 unspecified atom stereocenters. The number of amides is 1. The van der Waals surface area contributed by atoms with Gasteiger partial charge in [-0.25, -0.2) is 4.98 Å². The summed E-state index contributed by atoms with van der Waals surface area (Å²) in [5.74, 6) is 1.24. The van der Waals surface area contributed by atoms with Gasteiger partial charge in [0.1, 0.15) is 6.10 Å². The predicted molar refractivity (Wildman–Crippen MR) is 106 cm³/mol. The second-order valence-corrected chi connectivity index (χ2v) is 14.3. The van der Waals surface area contributed by atoms with E-state index in [0.717, 1.165) is 12.8 Å². The van der Waals surface area contributed by atoms with Crippen molar-refractivity contribution in [3.05, 3.63) is 28.4 Å². The number of hydrogen-bond donors (Lipinski definition) is 1. The number of carbonyl (C=O) groups excluding carboxylic acids is 1. The second kappa shape index (κ2) is 7.44. The van der Waals surface area contributed by atoms with Gasteiger partial charge in [0.25, 0.3) is 5.91 Å². The molecule has 0 radical (unpaired) electrons. The van der Waals surface area contributed by atoms with Gasteiger partial charge >= 0.3 is 0 Å². The van der Waals surface area contributed by atoms with Crippen LogP contribution in [0.5, 0.6) is 0 Å². The average Bonchev–Trinajstić information content (AvgIpc) is 3.19. The largest absolute Gasteiger partial charge is 0.422 e. The molecule has 0 saturated heterocycles. The summed E-state index contributed by atoms with van der Waals surface area (Å²) < 4.78 is 12.2. The van der Waals surface area contributed by atoms with E-state index >= 15 is 0 Å². The summed E-state index contributed by atoms with van der Waals surface area (Å²) in [5, 5.41) is 13.8. The number of nitrogens with one attached hydrogen (secondary N) is 1. The van der Waals surface area contributed by atoms with Crippen molar-refractivity contribution in [2.75, 3.05) is 0 Å². The number of nitrogens with zero attached hydrogens (tertiary/aromatic N) is 3. The number of carbonyl (C=O) groups is 1. The van der Waals surface area contributed by atoms with Crippen LogP contribution in [-0.2, 0) is 4.43 Å². The Morgan fingerprint density at radius 1 is 1.37 bits per heavy atom. The maximum Gasteiger partial charge on any atom is 0.280 e. The maximum atomic E-state index is 12.0. The van der Waals surface area contributed by atoms with E-state index < -0.39 is 8.32 Å². The molecule has 0 spiro atoms. The van der Waals surface area contributed by atoms with Crippen LogP contribution in [0.15, 0.2) is 16.0 Å². The third-order valence-electron chi connectivity index (χ3n) is 5.53. The third-order valence-corrected chi connectivity index (χ3v) is 10.9. The summed E-state index contributed by atoms with van der Waals surface area (Å²) in [6.45, 7) is 13.0. The first-order valence-electron chi connectivity index (χ1n) is 9.28. The lowest BCUT2D eigenvalue weighted by molar-refractivity contribution is 0.0901. The highest BCUT2D eigenvalue weighted by atomic mass is 32.1. The molecule has 0 aliphatic heterocycles. The molecule has 7 nitrogen and oxygen atoms in total. The van der Waals surface area contributed by atoms with Gasteiger partial charge in [-0.05, 0) is 37.9 Å². The molecule has 27 heavy (non-hydrogen) atoms. The zero-order valence-corrected chi connectivity index (χ0v) is 18.6. The fourth-order valence-electron chi connectivity index (χ4n) is 2.76. The van der Waals surface area contributed by atoms with Gasteiger partial charge in [-0.2, -0.15) is 0 Å². The van der Waals surface area contributed by atoms with Crippen molar-refractivity contribution in [2.45, 2.75) is 76.7 Å². The van der Waals surface area contributed by atoms with Crippen molar-refractivity contribution in [3.8, 4) is 0 Å². The van der Waals surface area contributed by atoms with Gasteiger partial charge in [-0.3, -0.25) is 4.79 Å². The molecular weight excluding hydrogens is 380 g/mol. The van der Waals surface area contributed by atoms with Crippen LogP contribution in [0.3, 0.4) is 0 Å². The van der Waals surface area contributed by atoms with E-state index in [1.165, 1.54) is 11.3 Å². The highest BCUT2D eigenvalue weighted by molar-refractivity contribution is 7.11. The zero-order chi connectivity index (χ0) is 19.8. The first-order valence-corrected chi connectivity index (χ1v) is 13.1. The summed E-state index contributed by atoms with van der Waals surface area (Å²) in [6, 6.07) is 0.127. The second-order valence-electron chi connectivity index (χ2n) is 8.67. The molecule has 3 rings (SSSR count). The Balaban J connectivity index is 1.52. The molecule has 1 aliphatic carbocycles. The topological polar surface area (TPSA) is 90.1 Å². The van der Waals surface area contributed by atoms with E-state index in [1.54, 1.807) is 11.6 Å². The van der Waals surface area contributed by atoms with Gasteiger partial charge in [0, 0.05) is 23.5 Å². The minimum atomic E-state index is -1.90. The molecule has 148 valence electrons. The molecule has 9 heteroatoms. The molecule has 0 bridgehead atoms. The summed E-state index contributed by atoms with van der Waals surface area (Å²) >= 11 is 1.34. The van der Waals surface area contributed by atoms with Crippen LogP contribution in [0.4, 0.5) is 0 Å². The fourth-order valence-corrected chi connectivity index (χ4v) is 4.64. The van der Waals surface area contributed by atoms with Gasteiger partial charge in [-0.1, -0.05) is 20.8 Å². The minimum Gasteiger partial charge on any atom is -0.422 e. The number of hydrogen-bond acceptors (Lipinski definition) is 7. The SMILES string of the molecule is C[C@@H](O[Si](C)(C)C(C)(C)C)c1nnc([C@H]2C[C@H](NC(=O)c3nccs3)C2)o1. The predicted octanol–water partition coefficient (Wildman–Crippen LogP) is 4.28. The van der Waals surface area contributed by atoms with Crippen LogP contribution < -0.4 is 5.32 Å². The number of rotatable bonds is 6. The van der Waals surface area contributed by atoms with Gasteiger partial charge in [0.2, 0.25) is 11.8 Å². The molecule has 1 amide bonds. The fraction of sp³-hybridized carbons (Fsp3) is 0.667. The smallest absolute Gasteiger partial charge is 0.280 e. The summed E-state index contributed by atoms with van der Waals surface area (Å²) in [5.41, 5.74) is 0. The molecule has 2 aromatic heterocycles. The van der Waals surface area contributed by atoms with E-state index in [-0.39, 0.29) is 29.0 Å². The van der Waals surface area contributed by atoms with E-state index in [1.807, 2.05) is 6.92 Å². The zero-order valence-electron chi connectivity index (χ0n) is 16.8. The lowest BCUT2D eigenvalue weighted by Crippen LogP contribution is -2.43. The standard InChI is InChI=1S/C18H28N4O3SSi/c1-11(25-27(5,6)18(2,3)4)15-21-22-16(24-15)12-9-13(10-12)20-14(23)17-19-7-8-26-17/h7-8,11-13H,9-10H2,1-6H3,(H,20,23)/t11-,12-,13-/m1/s1. The molecular formula is C18H28N4O3SSi. The Labute approximate surface area is 165 Å². The third kappa shape index (κ3) is 4.47. The lowest BCUT2D eigenvalue weighted by Gasteiger charge is -2.37. The van der Waals surface area contributed by atoms with Crippen LogP contribution in [0.1, 0.15) is 74.1 Å². The van der Waals surface area contributed by atoms with Crippen molar-refractivity contribution < 1.29 is 13.6 Å². The molecule has 1 saturated carbocycles. The van der Waals surface area contributed by atoms with Crippen LogP contribution >= 0.6 is 11.3 Å². The molecule has 2 heterocycles. The Kier molecular flexibility index (Phi) is 5.56. The van der Waals surface area contributed by atoms with Crippen molar-refractivity contribution in [3.63, 3.8) is 0 Å². The van der Waals surface area contributed by atoms with Crippen molar-refractivity contribution in [2.24, 2.45) is 0 Å². The Morgan fingerprint density at radius 2 is 2.07 bits per heavy atom. The summed E-state index contributed by atoms with van der Waals surface area (Å²) in [4.78, 5) is 16.1. The van der Waals surface area contributed by atoms with E-state index in [0.29, 0.717) is 16.8 Å². The lowest BCUT2D eigenvalue weighted by atomic mass is 9.80. The van der Waals surface area contributed by atoms with Gasteiger partial charge in [0.05, 0.1) is 0 Å². The van der Waals surface area contributed by atoms with Crippen molar-refractivity contribution >= 4 is 25.6 Å². The van der Waals surface area contributed by atoms with Gasteiger partial charge in [-0.15, -0.1) is 21.5 Å². The molecule has 1 aliphatic rings. The Bertz CT molecular complexity index is 779. The molecule has 1 atom stereocenters. The monoisotopic (exact) mass is 408 g/mol. The molecule has 0 aromatic carbocycles. The Morgan fingerprint density at radius 3 is 2.67 bits per heavy atom. The Hall–Kier alpha value is -1.58. The summed E-state index contributed by atoms with van der Waals surface area (Å²) in [6.07, 6.45) is 3.02. The minimum absolute atomic E-state index is 0.115. The van der Waals surface area contributed by atoms with Crippen LogP contribution in [0, 0.1) is 0 Å². The average molecular weight is 409 g/mol. The highest BCUT2D eigenvalue weighted by Crippen LogP contribution is 2.40. The van der Waals surface area contributed by atoms with E-state index in [2.05, 4.69) is 54.4 Å². The highest BCUT2D eigenvalue weighted by Gasteiger charge is 2.40. The number of thiazole rings is 1. The molecule has 1 N–H and O–H groups in total. The van der Waals surface area contributed by atoms with Crippen LogP contribution in [0.2, 0.25) is 18.1 Å². The first kappa shape index (κ1) is 20.2. The summed E-state index contributed by atoms with van der Waals surface area (Å²) in [7, 11) is -1.90. The van der Waals surface area contributed by atoms with E-state index in [4.69, 9.17) is 8.84 Å². The first-order chi connectivity index (χ1) is 12.6. The van der Waals surface area contributed by atoms with E-state index in [9.17, 15) is 4.79 Å². The maximum absolute atomic E-state index is 12.0. The molecule has 2 aromatic rings.